The minimum absolute atomic E-state index is 0.00348. The fourth-order valence-corrected chi connectivity index (χ4v) is 1.91. The molecule has 108 valence electrons. The number of rotatable bonds is 4. The average Bonchev–Trinajstić information content (AvgIpc) is 2.78. The predicted octanol–water partition coefficient (Wildman–Crippen LogP) is 0.638. The van der Waals surface area contributed by atoms with Crippen LogP contribution in [0.1, 0.15) is 18.1 Å². The lowest BCUT2D eigenvalue weighted by atomic mass is 10.2. The Hall–Kier alpha value is -1.19. The molecule has 19 heavy (non-hydrogen) atoms. The summed E-state index contributed by atoms with van der Waals surface area (Å²) >= 11 is 0. The highest BCUT2D eigenvalue weighted by Gasteiger charge is 2.37. The topological polar surface area (TPSA) is 77.4 Å². The molecule has 1 fully saturated rings. The van der Waals surface area contributed by atoms with Crippen molar-refractivity contribution in [2.24, 2.45) is 5.73 Å². The number of ether oxygens (including phenoxy) is 1. The van der Waals surface area contributed by atoms with Crippen LogP contribution in [0.15, 0.2) is 4.52 Å². The van der Waals surface area contributed by atoms with Crippen LogP contribution in [0.5, 0.6) is 0 Å². The summed E-state index contributed by atoms with van der Waals surface area (Å²) in [6, 6.07) is 0. The van der Waals surface area contributed by atoms with Gasteiger partial charge in [-0.25, -0.2) is 0 Å². The molecule has 0 amide bonds. The van der Waals surface area contributed by atoms with Crippen LogP contribution in [0, 0.1) is 0 Å². The van der Waals surface area contributed by atoms with Crippen LogP contribution in [0.2, 0.25) is 0 Å². The molecule has 0 saturated carbocycles. The molecule has 0 unspecified atom stereocenters. The lowest BCUT2D eigenvalue weighted by Crippen LogP contribution is -2.42. The Kier molecular flexibility index (Phi) is 4.38. The van der Waals surface area contributed by atoms with Crippen molar-refractivity contribution >= 4 is 0 Å². The molecule has 0 radical (unpaired) electrons. The molecule has 1 aliphatic heterocycles. The maximum absolute atomic E-state index is 12.3. The predicted molar refractivity (Wildman–Crippen MR) is 58.0 cm³/mol. The van der Waals surface area contributed by atoms with E-state index in [9.17, 15) is 13.2 Å². The molecular formula is C10H15F3N4O2. The van der Waals surface area contributed by atoms with Crippen molar-refractivity contribution in [3.63, 3.8) is 0 Å². The summed E-state index contributed by atoms with van der Waals surface area (Å²) in [6.07, 6.45) is -3.85. The van der Waals surface area contributed by atoms with E-state index < -0.39 is 12.0 Å². The molecule has 9 heteroatoms. The summed E-state index contributed by atoms with van der Waals surface area (Å²) in [6.45, 7) is 2.43. The zero-order chi connectivity index (χ0) is 13.9. The highest BCUT2D eigenvalue weighted by atomic mass is 19.4. The number of hydrogen-bond donors (Lipinski definition) is 1. The average molecular weight is 280 g/mol. The number of halogens is 3. The molecular weight excluding hydrogens is 265 g/mol. The fourth-order valence-electron chi connectivity index (χ4n) is 1.91. The van der Waals surface area contributed by atoms with Crippen molar-refractivity contribution in [2.45, 2.75) is 25.2 Å². The normalized spacial score (nSPS) is 21.8. The van der Waals surface area contributed by atoms with E-state index in [1.807, 2.05) is 4.90 Å². The first-order valence-electron chi connectivity index (χ1n) is 5.93. The first kappa shape index (κ1) is 14.2. The number of nitrogens with two attached hydrogens (primary N) is 1. The third kappa shape index (κ3) is 3.88. The van der Waals surface area contributed by atoms with Crippen LogP contribution >= 0.6 is 0 Å². The van der Waals surface area contributed by atoms with E-state index >= 15 is 0 Å². The minimum atomic E-state index is -4.57. The Balaban J connectivity index is 1.92. The molecule has 0 aliphatic carbocycles. The van der Waals surface area contributed by atoms with Gasteiger partial charge in [0.05, 0.1) is 19.3 Å². The van der Waals surface area contributed by atoms with Crippen molar-refractivity contribution in [2.75, 3.05) is 26.2 Å². The number of hydrogen-bond acceptors (Lipinski definition) is 6. The van der Waals surface area contributed by atoms with Crippen molar-refractivity contribution in [3.8, 4) is 0 Å². The maximum Gasteiger partial charge on any atom is 0.455 e. The van der Waals surface area contributed by atoms with Crippen molar-refractivity contribution in [1.29, 1.82) is 0 Å². The van der Waals surface area contributed by atoms with E-state index in [4.69, 9.17) is 10.5 Å². The third-order valence-corrected chi connectivity index (χ3v) is 2.79. The Morgan fingerprint density at radius 3 is 2.84 bits per heavy atom. The van der Waals surface area contributed by atoms with E-state index in [1.165, 1.54) is 0 Å². The molecule has 1 aromatic heterocycles. The SMILES string of the molecule is NCC[C@H]1CN(Cc2nc(C(F)(F)F)no2)CCO1. The summed E-state index contributed by atoms with van der Waals surface area (Å²) in [5, 5.41) is 2.92. The molecule has 2 N–H and O–H groups in total. The number of alkyl halides is 3. The monoisotopic (exact) mass is 280 g/mol. The Labute approximate surface area is 107 Å². The maximum atomic E-state index is 12.3. The van der Waals surface area contributed by atoms with Gasteiger partial charge in [-0.3, -0.25) is 4.90 Å². The molecule has 0 aromatic carbocycles. The van der Waals surface area contributed by atoms with Crippen LogP contribution < -0.4 is 5.73 Å². The third-order valence-electron chi connectivity index (χ3n) is 2.79. The van der Waals surface area contributed by atoms with Gasteiger partial charge in [0.2, 0.25) is 5.89 Å². The van der Waals surface area contributed by atoms with Gasteiger partial charge in [-0.2, -0.15) is 18.2 Å². The quantitative estimate of drug-likeness (QED) is 0.872. The van der Waals surface area contributed by atoms with Gasteiger partial charge in [0.25, 0.3) is 5.82 Å². The Morgan fingerprint density at radius 2 is 2.21 bits per heavy atom. The second-order valence-corrected chi connectivity index (χ2v) is 4.31. The summed E-state index contributed by atoms with van der Waals surface area (Å²) in [4.78, 5) is 5.25. The molecule has 1 atom stereocenters. The van der Waals surface area contributed by atoms with Gasteiger partial charge >= 0.3 is 6.18 Å². The minimum Gasteiger partial charge on any atom is -0.376 e. The van der Waals surface area contributed by atoms with Crippen LogP contribution in [-0.4, -0.2) is 47.4 Å². The van der Waals surface area contributed by atoms with Crippen LogP contribution in [0.3, 0.4) is 0 Å². The van der Waals surface area contributed by atoms with Gasteiger partial charge in [-0.05, 0) is 13.0 Å². The molecule has 0 spiro atoms. The van der Waals surface area contributed by atoms with Crippen molar-refractivity contribution < 1.29 is 22.4 Å². The molecule has 2 rings (SSSR count). The fraction of sp³-hybridized carbons (Fsp3) is 0.800. The van der Waals surface area contributed by atoms with E-state index in [0.29, 0.717) is 32.7 Å². The van der Waals surface area contributed by atoms with Gasteiger partial charge in [0, 0.05) is 13.1 Å². The summed E-state index contributed by atoms with van der Waals surface area (Å²) in [5.74, 6) is -1.28. The zero-order valence-electron chi connectivity index (χ0n) is 10.2. The smallest absolute Gasteiger partial charge is 0.376 e. The standard InChI is InChI=1S/C10H15F3N4O2/c11-10(12,13)9-15-8(19-16-9)6-17-3-4-18-7(5-17)1-2-14/h7H,1-6,14H2/t7-/m0/s1. The highest BCUT2D eigenvalue weighted by molar-refractivity contribution is 4.91. The highest BCUT2D eigenvalue weighted by Crippen LogP contribution is 2.26. The zero-order valence-corrected chi connectivity index (χ0v) is 10.2. The number of aromatic nitrogens is 2. The van der Waals surface area contributed by atoms with Gasteiger partial charge in [-0.1, -0.05) is 5.16 Å². The van der Waals surface area contributed by atoms with E-state index in [0.717, 1.165) is 0 Å². The van der Waals surface area contributed by atoms with Gasteiger partial charge in [-0.15, -0.1) is 0 Å². The second-order valence-electron chi connectivity index (χ2n) is 4.31. The van der Waals surface area contributed by atoms with Gasteiger partial charge in [0.15, 0.2) is 0 Å². The molecule has 1 aromatic rings. The van der Waals surface area contributed by atoms with Gasteiger partial charge < -0.3 is 15.0 Å². The second kappa shape index (κ2) is 5.85. The van der Waals surface area contributed by atoms with Crippen molar-refractivity contribution in [1.82, 2.24) is 15.0 Å². The first-order chi connectivity index (χ1) is 8.99. The molecule has 0 bridgehead atoms. The molecule has 1 aliphatic rings. The van der Waals surface area contributed by atoms with Gasteiger partial charge in [0.1, 0.15) is 0 Å². The van der Waals surface area contributed by atoms with Crippen molar-refractivity contribution in [3.05, 3.63) is 11.7 Å². The van der Waals surface area contributed by atoms with Crippen LogP contribution in [0.25, 0.3) is 0 Å². The number of morpholine rings is 1. The van der Waals surface area contributed by atoms with Crippen LogP contribution in [-0.2, 0) is 17.5 Å². The molecule has 6 nitrogen and oxygen atoms in total. The Morgan fingerprint density at radius 1 is 1.42 bits per heavy atom. The lowest BCUT2D eigenvalue weighted by Gasteiger charge is -2.31. The lowest BCUT2D eigenvalue weighted by molar-refractivity contribution is -0.146. The van der Waals surface area contributed by atoms with Crippen LogP contribution in [0.4, 0.5) is 13.2 Å². The van der Waals surface area contributed by atoms with E-state index in [1.54, 1.807) is 0 Å². The van der Waals surface area contributed by atoms with E-state index in [-0.39, 0.29) is 18.5 Å². The Bertz CT molecular complexity index is 408. The number of nitrogens with zero attached hydrogens (tertiary/aromatic N) is 3. The molecule has 2 heterocycles. The summed E-state index contributed by atoms with van der Waals surface area (Å²) in [5.41, 5.74) is 5.44. The first-order valence-corrected chi connectivity index (χ1v) is 5.93. The molecule has 1 saturated heterocycles. The summed E-state index contributed by atoms with van der Waals surface area (Å²) in [7, 11) is 0. The van der Waals surface area contributed by atoms with E-state index in [2.05, 4.69) is 14.7 Å². The summed E-state index contributed by atoms with van der Waals surface area (Å²) < 4.78 is 47.0. The largest absolute Gasteiger partial charge is 0.455 e.